The number of thiazole rings is 1. The molecule has 0 aliphatic heterocycles. The first-order valence-corrected chi connectivity index (χ1v) is 8.43. The monoisotopic (exact) mass is 355 g/mol. The molecule has 1 aromatic heterocycles. The normalized spacial score (nSPS) is 12.0. The number of nitrogens with zero attached hydrogens (tertiary/aromatic N) is 3. The summed E-state index contributed by atoms with van der Waals surface area (Å²) in [6.07, 6.45) is 3.33. The average Bonchev–Trinajstić information content (AvgIpc) is 3.03. The van der Waals surface area contributed by atoms with Gasteiger partial charge in [-0.3, -0.25) is 4.99 Å². The largest absolute Gasteiger partial charge is 0.253 e. The van der Waals surface area contributed by atoms with Crippen LogP contribution in [0.2, 0.25) is 0 Å². The van der Waals surface area contributed by atoms with Crippen molar-refractivity contribution in [3.8, 4) is 11.3 Å². The van der Waals surface area contributed by atoms with Crippen molar-refractivity contribution < 1.29 is 8.78 Å². The molecule has 3 aromatic rings. The summed E-state index contributed by atoms with van der Waals surface area (Å²) in [6, 6.07) is 12.2. The van der Waals surface area contributed by atoms with Crippen LogP contribution in [-0.4, -0.2) is 17.4 Å². The van der Waals surface area contributed by atoms with Crippen LogP contribution in [0.1, 0.15) is 5.56 Å². The molecule has 1 heterocycles. The summed E-state index contributed by atoms with van der Waals surface area (Å²) >= 11 is 1.43. The van der Waals surface area contributed by atoms with Crippen LogP contribution in [0.3, 0.4) is 0 Å². The summed E-state index contributed by atoms with van der Waals surface area (Å²) in [6.45, 7) is 4.14. The Morgan fingerprint density at radius 3 is 2.28 bits per heavy atom. The van der Waals surface area contributed by atoms with Crippen molar-refractivity contribution in [2.24, 2.45) is 10.1 Å². The Balaban J connectivity index is 2.05. The van der Waals surface area contributed by atoms with E-state index in [0.29, 0.717) is 11.3 Å². The Hall–Kier alpha value is -2.86. The van der Waals surface area contributed by atoms with Gasteiger partial charge in [0.1, 0.15) is 11.6 Å². The van der Waals surface area contributed by atoms with Crippen LogP contribution in [0.5, 0.6) is 0 Å². The lowest BCUT2D eigenvalue weighted by atomic mass is 10.2. The SMILES string of the molecule is C=CCN=c1scc(-c2ccc(F)cc2)n1N=Cc1ccc(F)cc1. The molecule has 0 saturated heterocycles. The molecule has 0 unspecified atom stereocenters. The molecule has 0 bridgehead atoms. The highest BCUT2D eigenvalue weighted by atomic mass is 32.1. The molecule has 0 saturated carbocycles. The highest BCUT2D eigenvalue weighted by molar-refractivity contribution is 7.07. The van der Waals surface area contributed by atoms with Gasteiger partial charge in [-0.05, 0) is 42.0 Å². The highest BCUT2D eigenvalue weighted by Crippen LogP contribution is 2.20. The molecule has 2 aromatic carbocycles. The van der Waals surface area contributed by atoms with Gasteiger partial charge in [-0.1, -0.05) is 18.2 Å². The van der Waals surface area contributed by atoms with Gasteiger partial charge in [0.2, 0.25) is 4.80 Å². The van der Waals surface area contributed by atoms with Gasteiger partial charge in [-0.2, -0.15) is 5.10 Å². The van der Waals surface area contributed by atoms with E-state index in [4.69, 9.17) is 0 Å². The molecule has 0 amide bonds. The van der Waals surface area contributed by atoms with Gasteiger partial charge in [0.25, 0.3) is 0 Å². The van der Waals surface area contributed by atoms with Crippen LogP contribution in [0.25, 0.3) is 11.3 Å². The molecular weight excluding hydrogens is 340 g/mol. The fourth-order valence-electron chi connectivity index (χ4n) is 2.15. The molecule has 0 aliphatic carbocycles. The quantitative estimate of drug-likeness (QED) is 0.478. The summed E-state index contributed by atoms with van der Waals surface area (Å²) in [5.74, 6) is -0.592. The lowest BCUT2D eigenvalue weighted by Gasteiger charge is -2.03. The van der Waals surface area contributed by atoms with Crippen molar-refractivity contribution in [3.05, 3.63) is 88.6 Å². The maximum atomic E-state index is 13.2. The first kappa shape index (κ1) is 17.0. The molecular formula is C19H15F2N3S. The zero-order valence-corrected chi connectivity index (χ0v) is 14.1. The van der Waals surface area contributed by atoms with Gasteiger partial charge in [-0.15, -0.1) is 17.9 Å². The summed E-state index contributed by atoms with van der Waals surface area (Å²) < 4.78 is 27.9. The summed E-state index contributed by atoms with van der Waals surface area (Å²) in [5, 5.41) is 6.39. The first-order chi connectivity index (χ1) is 12.2. The minimum absolute atomic E-state index is 0.295. The lowest BCUT2D eigenvalue weighted by Crippen LogP contribution is -2.12. The van der Waals surface area contributed by atoms with Crippen LogP contribution in [0, 0.1) is 11.6 Å². The number of halogens is 2. The third-order valence-corrected chi connectivity index (χ3v) is 4.23. The Labute approximate surface area is 147 Å². The van der Waals surface area contributed by atoms with Crippen molar-refractivity contribution in [3.63, 3.8) is 0 Å². The number of hydrogen-bond donors (Lipinski definition) is 0. The first-order valence-electron chi connectivity index (χ1n) is 7.55. The van der Waals surface area contributed by atoms with Crippen LogP contribution < -0.4 is 4.80 Å². The van der Waals surface area contributed by atoms with E-state index in [-0.39, 0.29) is 11.6 Å². The Morgan fingerprint density at radius 2 is 1.64 bits per heavy atom. The second-order valence-corrected chi connectivity index (χ2v) is 5.98. The molecule has 0 fully saturated rings. The van der Waals surface area contributed by atoms with Crippen molar-refractivity contribution in [2.75, 3.05) is 6.54 Å². The molecule has 3 rings (SSSR count). The van der Waals surface area contributed by atoms with E-state index >= 15 is 0 Å². The van der Waals surface area contributed by atoms with Gasteiger partial charge in [0.15, 0.2) is 0 Å². The molecule has 0 atom stereocenters. The molecule has 6 heteroatoms. The highest BCUT2D eigenvalue weighted by Gasteiger charge is 2.07. The Kier molecular flexibility index (Phi) is 5.30. The molecule has 0 aliphatic rings. The molecule has 0 N–H and O–H groups in total. The van der Waals surface area contributed by atoms with E-state index in [1.54, 1.807) is 41.2 Å². The minimum Gasteiger partial charge on any atom is -0.253 e. The van der Waals surface area contributed by atoms with Gasteiger partial charge < -0.3 is 0 Å². The van der Waals surface area contributed by atoms with E-state index in [0.717, 1.165) is 16.8 Å². The number of rotatable bonds is 5. The smallest absolute Gasteiger partial charge is 0.206 e. The van der Waals surface area contributed by atoms with Crippen LogP contribution in [-0.2, 0) is 0 Å². The van der Waals surface area contributed by atoms with Gasteiger partial charge in [-0.25, -0.2) is 13.5 Å². The molecule has 126 valence electrons. The van der Waals surface area contributed by atoms with Crippen molar-refractivity contribution in [1.29, 1.82) is 0 Å². The van der Waals surface area contributed by atoms with E-state index in [9.17, 15) is 8.78 Å². The third-order valence-electron chi connectivity index (χ3n) is 3.37. The van der Waals surface area contributed by atoms with E-state index in [2.05, 4.69) is 16.7 Å². The fraction of sp³-hybridized carbons (Fsp3) is 0.0526. The van der Waals surface area contributed by atoms with Crippen molar-refractivity contribution >= 4 is 17.6 Å². The van der Waals surface area contributed by atoms with E-state index in [1.807, 2.05) is 5.38 Å². The van der Waals surface area contributed by atoms with Crippen LogP contribution in [0.4, 0.5) is 8.78 Å². The molecule has 0 spiro atoms. The van der Waals surface area contributed by atoms with E-state index < -0.39 is 0 Å². The Morgan fingerprint density at radius 1 is 1.00 bits per heavy atom. The van der Waals surface area contributed by atoms with Crippen molar-refractivity contribution in [1.82, 2.24) is 4.68 Å². The third kappa shape index (κ3) is 4.16. The van der Waals surface area contributed by atoms with E-state index in [1.165, 1.54) is 35.6 Å². The predicted octanol–water partition coefficient (Wildman–Crippen LogP) is 4.46. The standard InChI is InChI=1S/C19H15F2N3S/c1-2-11-22-19-24(23-12-14-3-7-16(20)8-4-14)18(13-25-19)15-5-9-17(21)10-6-15/h2-10,12-13H,1,11H2. The molecule has 0 radical (unpaired) electrons. The van der Waals surface area contributed by atoms with Gasteiger partial charge >= 0.3 is 0 Å². The average molecular weight is 355 g/mol. The summed E-state index contributed by atoms with van der Waals surface area (Å²) in [5.41, 5.74) is 2.39. The maximum absolute atomic E-state index is 13.2. The zero-order chi connectivity index (χ0) is 17.6. The summed E-state index contributed by atoms with van der Waals surface area (Å²) in [7, 11) is 0. The molecule has 25 heavy (non-hydrogen) atoms. The van der Waals surface area contributed by atoms with Gasteiger partial charge in [0.05, 0.1) is 18.5 Å². The van der Waals surface area contributed by atoms with Crippen LogP contribution >= 0.6 is 11.3 Å². The lowest BCUT2D eigenvalue weighted by molar-refractivity contribution is 0.627. The molecule has 3 nitrogen and oxygen atoms in total. The number of aromatic nitrogens is 1. The van der Waals surface area contributed by atoms with Gasteiger partial charge in [0, 0.05) is 10.9 Å². The predicted molar refractivity (Wildman–Crippen MR) is 97.7 cm³/mol. The summed E-state index contributed by atoms with van der Waals surface area (Å²) in [4.78, 5) is 5.12. The second kappa shape index (κ2) is 7.81. The topological polar surface area (TPSA) is 29.6 Å². The fourth-order valence-corrected chi connectivity index (χ4v) is 3.00. The minimum atomic E-state index is -0.297. The number of hydrogen-bond acceptors (Lipinski definition) is 3. The second-order valence-electron chi connectivity index (χ2n) is 5.15. The zero-order valence-electron chi connectivity index (χ0n) is 13.3. The van der Waals surface area contributed by atoms with Crippen LogP contribution in [0.15, 0.2) is 76.7 Å². The Bertz CT molecular complexity index is 952. The van der Waals surface area contributed by atoms with Crippen molar-refractivity contribution in [2.45, 2.75) is 0 Å². The maximum Gasteiger partial charge on any atom is 0.206 e. The number of benzene rings is 2.